The number of anilines is 1. The summed E-state index contributed by atoms with van der Waals surface area (Å²) in [6.45, 7) is 7.18. The molecule has 1 aromatic rings. The van der Waals surface area contributed by atoms with Crippen LogP contribution in [0.15, 0.2) is 0 Å². The van der Waals surface area contributed by atoms with Gasteiger partial charge in [0.05, 0.1) is 11.4 Å². The minimum absolute atomic E-state index is 0.478. The molecule has 1 aromatic heterocycles. The lowest BCUT2D eigenvalue weighted by molar-refractivity contribution is 0.226. The maximum Gasteiger partial charge on any atom is 0.171 e. The van der Waals surface area contributed by atoms with Gasteiger partial charge in [0.2, 0.25) is 0 Å². The van der Waals surface area contributed by atoms with E-state index in [2.05, 4.69) is 27.2 Å². The van der Waals surface area contributed by atoms with Gasteiger partial charge in [0.1, 0.15) is 0 Å². The first kappa shape index (κ1) is 13.6. The summed E-state index contributed by atoms with van der Waals surface area (Å²) in [5.41, 5.74) is 1.83. The van der Waals surface area contributed by atoms with E-state index >= 15 is 0 Å². The molecule has 1 saturated heterocycles. The van der Waals surface area contributed by atoms with Gasteiger partial charge < -0.3 is 10.2 Å². The van der Waals surface area contributed by atoms with Gasteiger partial charge in [-0.3, -0.25) is 0 Å². The number of hydrogen-bond donors (Lipinski definition) is 1. The third-order valence-electron chi connectivity index (χ3n) is 3.66. The van der Waals surface area contributed by atoms with Gasteiger partial charge in [0, 0.05) is 6.54 Å². The summed E-state index contributed by atoms with van der Waals surface area (Å²) in [6, 6.07) is 0. The van der Waals surface area contributed by atoms with Gasteiger partial charge in [-0.15, -0.1) is 0 Å². The number of likely N-dealkylation sites (tertiary alicyclic amines) is 1. The van der Waals surface area contributed by atoms with Crippen LogP contribution in [0.2, 0.25) is 5.15 Å². The molecule has 1 aliphatic rings. The molecule has 0 saturated carbocycles. The second kappa shape index (κ2) is 5.85. The average Bonchev–Trinajstić information content (AvgIpc) is 2.34. The normalized spacial score (nSPS) is 18.0. The van der Waals surface area contributed by atoms with Crippen molar-refractivity contribution >= 4 is 17.4 Å². The molecule has 18 heavy (non-hydrogen) atoms. The Morgan fingerprint density at radius 3 is 2.50 bits per heavy atom. The fourth-order valence-electron chi connectivity index (χ4n) is 2.20. The van der Waals surface area contributed by atoms with Crippen molar-refractivity contribution in [1.29, 1.82) is 0 Å². The Balaban J connectivity index is 1.92. The highest BCUT2D eigenvalue weighted by molar-refractivity contribution is 6.31. The largest absolute Gasteiger partial charge is 0.367 e. The van der Waals surface area contributed by atoms with Crippen LogP contribution in [0.3, 0.4) is 0 Å². The van der Waals surface area contributed by atoms with E-state index in [4.69, 9.17) is 11.6 Å². The number of halogens is 1. The lowest BCUT2D eigenvalue weighted by atomic mass is 9.97. The Labute approximate surface area is 114 Å². The highest BCUT2D eigenvalue weighted by Gasteiger charge is 2.17. The zero-order valence-corrected chi connectivity index (χ0v) is 12.1. The van der Waals surface area contributed by atoms with Crippen molar-refractivity contribution in [3.63, 3.8) is 0 Å². The van der Waals surface area contributed by atoms with Crippen LogP contribution in [0, 0.1) is 19.8 Å². The number of nitrogens with one attached hydrogen (secondary N) is 1. The molecule has 0 atom stereocenters. The summed E-state index contributed by atoms with van der Waals surface area (Å²) in [7, 11) is 2.18. The highest BCUT2D eigenvalue weighted by Crippen LogP contribution is 2.21. The van der Waals surface area contributed by atoms with Crippen LogP contribution in [0.4, 0.5) is 5.82 Å². The van der Waals surface area contributed by atoms with Crippen molar-refractivity contribution in [2.24, 2.45) is 5.92 Å². The molecule has 0 aromatic carbocycles. The predicted octanol–water partition coefficient (Wildman–Crippen LogP) is 2.50. The SMILES string of the molecule is Cc1nc(Cl)c(NCC2CCN(C)CC2)nc1C. The molecule has 100 valence electrons. The van der Waals surface area contributed by atoms with Crippen molar-refractivity contribution in [2.75, 3.05) is 32.0 Å². The third-order valence-corrected chi connectivity index (χ3v) is 3.92. The number of rotatable bonds is 3. The molecule has 0 amide bonds. The van der Waals surface area contributed by atoms with Crippen molar-refractivity contribution in [2.45, 2.75) is 26.7 Å². The molecular formula is C13H21ClN4. The first-order valence-electron chi connectivity index (χ1n) is 6.49. The molecule has 5 heteroatoms. The number of nitrogens with zero attached hydrogens (tertiary/aromatic N) is 3. The van der Waals surface area contributed by atoms with Gasteiger partial charge in [-0.05, 0) is 52.7 Å². The standard InChI is InChI=1S/C13H21ClN4/c1-9-10(2)17-13(12(14)16-9)15-8-11-4-6-18(3)7-5-11/h11H,4-8H2,1-3H3,(H,15,17). The quantitative estimate of drug-likeness (QED) is 0.915. The number of hydrogen-bond acceptors (Lipinski definition) is 4. The van der Waals surface area contributed by atoms with E-state index in [0.29, 0.717) is 11.1 Å². The monoisotopic (exact) mass is 268 g/mol. The second-order valence-electron chi connectivity index (χ2n) is 5.16. The molecule has 0 aliphatic carbocycles. The predicted molar refractivity (Wildman–Crippen MR) is 75.2 cm³/mol. The number of aromatic nitrogens is 2. The average molecular weight is 269 g/mol. The maximum atomic E-state index is 6.10. The van der Waals surface area contributed by atoms with E-state index in [1.54, 1.807) is 0 Å². The first-order valence-corrected chi connectivity index (χ1v) is 6.87. The minimum atomic E-state index is 0.478. The van der Waals surface area contributed by atoms with Gasteiger partial charge in [-0.25, -0.2) is 9.97 Å². The molecule has 0 spiro atoms. The van der Waals surface area contributed by atoms with E-state index in [9.17, 15) is 0 Å². The summed E-state index contributed by atoms with van der Waals surface area (Å²) in [6.07, 6.45) is 2.47. The lowest BCUT2D eigenvalue weighted by Gasteiger charge is -2.29. The molecule has 2 rings (SSSR count). The van der Waals surface area contributed by atoms with Gasteiger partial charge >= 0.3 is 0 Å². The Hall–Kier alpha value is -0.870. The van der Waals surface area contributed by atoms with E-state index in [0.717, 1.165) is 23.8 Å². The van der Waals surface area contributed by atoms with Gasteiger partial charge in [0.25, 0.3) is 0 Å². The highest BCUT2D eigenvalue weighted by atomic mass is 35.5. The fourth-order valence-corrected chi connectivity index (χ4v) is 2.43. The summed E-state index contributed by atoms with van der Waals surface area (Å²) < 4.78 is 0. The number of aryl methyl sites for hydroxylation is 2. The van der Waals surface area contributed by atoms with Crippen LogP contribution in [0.25, 0.3) is 0 Å². The smallest absolute Gasteiger partial charge is 0.171 e. The Morgan fingerprint density at radius 2 is 1.83 bits per heavy atom. The minimum Gasteiger partial charge on any atom is -0.367 e. The molecule has 1 fully saturated rings. The van der Waals surface area contributed by atoms with Crippen molar-refractivity contribution in [1.82, 2.24) is 14.9 Å². The van der Waals surface area contributed by atoms with E-state index in [1.165, 1.54) is 25.9 Å². The molecule has 1 aliphatic heterocycles. The third kappa shape index (κ3) is 3.33. The topological polar surface area (TPSA) is 41.1 Å². The Morgan fingerprint density at radius 1 is 1.22 bits per heavy atom. The molecule has 1 N–H and O–H groups in total. The summed E-state index contributed by atoms with van der Waals surface area (Å²) in [5, 5.41) is 3.82. The second-order valence-corrected chi connectivity index (χ2v) is 5.52. The number of piperidine rings is 1. The molecular weight excluding hydrogens is 248 g/mol. The molecule has 2 heterocycles. The van der Waals surface area contributed by atoms with Crippen molar-refractivity contribution < 1.29 is 0 Å². The lowest BCUT2D eigenvalue weighted by Crippen LogP contribution is -2.33. The van der Waals surface area contributed by atoms with Crippen LogP contribution in [-0.2, 0) is 0 Å². The Bertz CT molecular complexity index is 414. The van der Waals surface area contributed by atoms with Gasteiger partial charge in [-0.2, -0.15) is 0 Å². The van der Waals surface area contributed by atoms with Crippen LogP contribution < -0.4 is 5.32 Å². The van der Waals surface area contributed by atoms with Gasteiger partial charge in [-0.1, -0.05) is 11.6 Å². The fraction of sp³-hybridized carbons (Fsp3) is 0.692. The van der Waals surface area contributed by atoms with E-state index < -0.39 is 0 Å². The summed E-state index contributed by atoms with van der Waals surface area (Å²) >= 11 is 6.10. The first-order chi connectivity index (χ1) is 8.56. The van der Waals surface area contributed by atoms with Crippen LogP contribution >= 0.6 is 11.6 Å². The zero-order valence-electron chi connectivity index (χ0n) is 11.3. The van der Waals surface area contributed by atoms with Gasteiger partial charge in [0.15, 0.2) is 11.0 Å². The van der Waals surface area contributed by atoms with E-state index in [-0.39, 0.29) is 0 Å². The molecule has 4 nitrogen and oxygen atoms in total. The van der Waals surface area contributed by atoms with Crippen LogP contribution in [0.1, 0.15) is 24.2 Å². The Kier molecular flexibility index (Phi) is 4.40. The van der Waals surface area contributed by atoms with Crippen molar-refractivity contribution in [3.05, 3.63) is 16.5 Å². The summed E-state index contributed by atoms with van der Waals surface area (Å²) in [5.74, 6) is 1.43. The van der Waals surface area contributed by atoms with Crippen molar-refractivity contribution in [3.8, 4) is 0 Å². The molecule has 0 bridgehead atoms. The zero-order chi connectivity index (χ0) is 13.1. The molecule has 0 unspecified atom stereocenters. The maximum absolute atomic E-state index is 6.10. The van der Waals surface area contributed by atoms with Crippen LogP contribution in [0.5, 0.6) is 0 Å². The molecule has 0 radical (unpaired) electrons. The van der Waals surface area contributed by atoms with Crippen LogP contribution in [-0.4, -0.2) is 41.5 Å². The van der Waals surface area contributed by atoms with E-state index in [1.807, 2.05) is 13.8 Å². The summed E-state index contributed by atoms with van der Waals surface area (Å²) in [4.78, 5) is 11.1.